The Labute approximate surface area is 176 Å². The van der Waals surface area contributed by atoms with Crippen LogP contribution < -0.4 is 4.74 Å². The van der Waals surface area contributed by atoms with Gasteiger partial charge >= 0.3 is 0 Å². The van der Waals surface area contributed by atoms with Crippen LogP contribution in [0.3, 0.4) is 0 Å². The maximum atomic E-state index is 6.65. The van der Waals surface area contributed by atoms with Crippen molar-refractivity contribution in [3.8, 4) is 5.75 Å². The summed E-state index contributed by atoms with van der Waals surface area (Å²) in [4.78, 5) is 0. The van der Waals surface area contributed by atoms with E-state index in [1.165, 1.54) is 16.7 Å². The van der Waals surface area contributed by atoms with E-state index in [2.05, 4.69) is 46.4 Å². The zero-order valence-corrected chi connectivity index (χ0v) is 18.9. The smallest absolute Gasteiger partial charge is 0.118 e. The summed E-state index contributed by atoms with van der Waals surface area (Å²) in [5.74, 6) is 1.28. The Morgan fingerprint density at radius 2 is 1.83 bits per heavy atom. The molecule has 0 N–H and O–H groups in total. The molecule has 3 rings (SSSR count). The summed E-state index contributed by atoms with van der Waals surface area (Å²) >= 11 is 0. The molecule has 29 heavy (non-hydrogen) atoms. The fraction of sp³-hybridized carbons (Fsp3) is 0.538. The van der Waals surface area contributed by atoms with Gasteiger partial charge in [0.05, 0.1) is 25.9 Å². The molecular formula is C26H36O3. The minimum Gasteiger partial charge on any atom is -0.497 e. The van der Waals surface area contributed by atoms with Gasteiger partial charge in [0.1, 0.15) is 5.75 Å². The van der Waals surface area contributed by atoms with Crippen molar-refractivity contribution in [1.29, 1.82) is 0 Å². The van der Waals surface area contributed by atoms with Gasteiger partial charge in [-0.15, -0.1) is 0 Å². The SMILES string of the molecule is C=C/C1=C(\C)C(OC)CC2=C(C)CCC(C1OCc1ccc(OC)cc1)C2(C)C. The largest absolute Gasteiger partial charge is 0.497 e. The van der Waals surface area contributed by atoms with Gasteiger partial charge in [-0.3, -0.25) is 0 Å². The van der Waals surface area contributed by atoms with Crippen molar-refractivity contribution >= 4 is 0 Å². The number of rotatable bonds is 6. The molecule has 0 fully saturated rings. The van der Waals surface area contributed by atoms with E-state index in [9.17, 15) is 0 Å². The molecule has 158 valence electrons. The van der Waals surface area contributed by atoms with Gasteiger partial charge in [-0.05, 0) is 73.3 Å². The molecule has 2 bridgehead atoms. The Hall–Kier alpha value is -1.84. The van der Waals surface area contributed by atoms with E-state index >= 15 is 0 Å². The highest BCUT2D eigenvalue weighted by Crippen LogP contribution is 2.52. The standard InChI is InChI=1S/C26H36O3/c1-8-21-18(3)24(28-7)15-23-17(2)9-14-22(26(23,4)5)25(21)29-16-19-10-12-20(27-6)13-11-19/h8,10-13,22,24-25H,1,9,14-16H2,2-7H3/b21-18-. The van der Waals surface area contributed by atoms with E-state index < -0.39 is 0 Å². The second-order valence-electron chi connectivity index (χ2n) is 8.98. The Kier molecular flexibility index (Phi) is 6.70. The molecule has 0 radical (unpaired) electrons. The molecular weight excluding hydrogens is 360 g/mol. The van der Waals surface area contributed by atoms with E-state index in [1.807, 2.05) is 25.3 Å². The second-order valence-corrected chi connectivity index (χ2v) is 8.98. The first kappa shape index (κ1) is 21.9. The lowest BCUT2D eigenvalue weighted by Crippen LogP contribution is -2.44. The average molecular weight is 397 g/mol. The van der Waals surface area contributed by atoms with Gasteiger partial charge in [0.2, 0.25) is 0 Å². The van der Waals surface area contributed by atoms with Crippen LogP contribution in [0.15, 0.2) is 59.2 Å². The lowest BCUT2D eigenvalue weighted by atomic mass is 9.59. The highest BCUT2D eigenvalue weighted by molar-refractivity contribution is 5.38. The molecule has 0 amide bonds. The summed E-state index contributed by atoms with van der Waals surface area (Å²) in [6.07, 6.45) is 5.29. The molecule has 1 aromatic carbocycles. The molecule has 0 heterocycles. The fourth-order valence-electron chi connectivity index (χ4n) is 5.24. The Morgan fingerprint density at radius 3 is 2.41 bits per heavy atom. The third-order valence-electron chi connectivity index (χ3n) is 7.14. The Bertz CT molecular complexity index is 798. The van der Waals surface area contributed by atoms with E-state index in [-0.39, 0.29) is 17.6 Å². The van der Waals surface area contributed by atoms with Crippen LogP contribution in [-0.2, 0) is 16.1 Å². The van der Waals surface area contributed by atoms with Crippen molar-refractivity contribution < 1.29 is 14.2 Å². The first-order valence-electron chi connectivity index (χ1n) is 10.6. The summed E-state index contributed by atoms with van der Waals surface area (Å²) in [6, 6.07) is 8.13. The van der Waals surface area contributed by atoms with Gasteiger partial charge in [0.25, 0.3) is 0 Å². The molecule has 3 heteroatoms. The predicted octanol–water partition coefficient (Wildman–Crippen LogP) is 6.25. The zero-order valence-electron chi connectivity index (χ0n) is 18.9. The van der Waals surface area contributed by atoms with Crippen LogP contribution in [0.2, 0.25) is 0 Å². The quantitative estimate of drug-likeness (QED) is 0.532. The highest BCUT2D eigenvalue weighted by atomic mass is 16.5. The van der Waals surface area contributed by atoms with E-state index in [0.29, 0.717) is 12.5 Å². The van der Waals surface area contributed by atoms with Crippen molar-refractivity contribution in [3.63, 3.8) is 0 Å². The zero-order chi connectivity index (χ0) is 21.2. The lowest BCUT2D eigenvalue weighted by Gasteiger charge is -2.48. The minimum absolute atomic E-state index is 0.00523. The van der Waals surface area contributed by atoms with Crippen molar-refractivity contribution in [3.05, 3.63) is 64.8 Å². The lowest BCUT2D eigenvalue weighted by molar-refractivity contribution is -0.0201. The summed E-state index contributed by atoms with van der Waals surface area (Å²) in [5, 5.41) is 0. The van der Waals surface area contributed by atoms with E-state index in [1.54, 1.807) is 12.7 Å². The van der Waals surface area contributed by atoms with Crippen molar-refractivity contribution in [1.82, 2.24) is 0 Å². The van der Waals surface area contributed by atoms with Gasteiger partial charge in [0, 0.05) is 7.11 Å². The Balaban J connectivity index is 1.99. The molecule has 0 saturated carbocycles. The van der Waals surface area contributed by atoms with Crippen molar-refractivity contribution in [2.75, 3.05) is 14.2 Å². The fourth-order valence-corrected chi connectivity index (χ4v) is 5.24. The first-order valence-corrected chi connectivity index (χ1v) is 10.6. The van der Waals surface area contributed by atoms with Crippen LogP contribution in [0.5, 0.6) is 5.75 Å². The minimum atomic E-state index is 0.00523. The van der Waals surface area contributed by atoms with Crippen LogP contribution >= 0.6 is 0 Å². The summed E-state index contributed by atoms with van der Waals surface area (Å²) in [6.45, 7) is 14.0. The molecule has 0 saturated heterocycles. The van der Waals surface area contributed by atoms with Gasteiger partial charge in [-0.1, -0.05) is 49.8 Å². The number of fused-ring (bicyclic) bond motifs is 2. The second kappa shape index (κ2) is 8.89. The van der Waals surface area contributed by atoms with Gasteiger partial charge in [-0.25, -0.2) is 0 Å². The maximum Gasteiger partial charge on any atom is 0.118 e. The van der Waals surface area contributed by atoms with Crippen LogP contribution in [0.4, 0.5) is 0 Å². The molecule has 2 aliphatic rings. The molecule has 3 atom stereocenters. The molecule has 0 spiro atoms. The van der Waals surface area contributed by atoms with Crippen LogP contribution in [0.25, 0.3) is 0 Å². The number of ether oxygens (including phenoxy) is 3. The molecule has 0 aliphatic heterocycles. The van der Waals surface area contributed by atoms with Crippen LogP contribution in [0.1, 0.15) is 52.5 Å². The first-order chi connectivity index (χ1) is 13.8. The van der Waals surface area contributed by atoms with Gasteiger partial charge in [0.15, 0.2) is 0 Å². The maximum absolute atomic E-state index is 6.65. The van der Waals surface area contributed by atoms with E-state index in [4.69, 9.17) is 14.2 Å². The molecule has 0 aromatic heterocycles. The summed E-state index contributed by atoms with van der Waals surface area (Å²) in [5.41, 5.74) is 6.73. The number of hydrogen-bond acceptors (Lipinski definition) is 3. The van der Waals surface area contributed by atoms with Crippen LogP contribution in [0, 0.1) is 11.3 Å². The highest BCUT2D eigenvalue weighted by Gasteiger charge is 2.45. The van der Waals surface area contributed by atoms with Gasteiger partial charge in [-0.2, -0.15) is 0 Å². The number of hydrogen-bond donors (Lipinski definition) is 0. The molecule has 2 aliphatic carbocycles. The molecule has 1 aromatic rings. The molecule has 3 nitrogen and oxygen atoms in total. The third-order valence-corrected chi connectivity index (χ3v) is 7.14. The van der Waals surface area contributed by atoms with Crippen LogP contribution in [-0.4, -0.2) is 26.4 Å². The summed E-state index contributed by atoms with van der Waals surface area (Å²) < 4.78 is 17.9. The Morgan fingerprint density at radius 1 is 1.14 bits per heavy atom. The average Bonchev–Trinajstić information content (AvgIpc) is 2.71. The number of methoxy groups -OCH3 is 2. The third kappa shape index (κ3) is 4.22. The van der Waals surface area contributed by atoms with Crippen molar-refractivity contribution in [2.24, 2.45) is 11.3 Å². The molecule has 3 unspecified atom stereocenters. The number of benzene rings is 1. The topological polar surface area (TPSA) is 27.7 Å². The number of allylic oxidation sites excluding steroid dienone is 1. The predicted molar refractivity (Wildman–Crippen MR) is 119 cm³/mol. The normalized spacial score (nSPS) is 29.2. The monoisotopic (exact) mass is 396 g/mol. The van der Waals surface area contributed by atoms with Gasteiger partial charge < -0.3 is 14.2 Å². The van der Waals surface area contributed by atoms with Crippen molar-refractivity contribution in [2.45, 2.75) is 65.8 Å². The summed E-state index contributed by atoms with van der Waals surface area (Å²) in [7, 11) is 3.50. The van der Waals surface area contributed by atoms with E-state index in [0.717, 1.165) is 30.6 Å².